The number of aliphatic hydroxyl groups is 1. The van der Waals surface area contributed by atoms with Crippen molar-refractivity contribution in [3.05, 3.63) is 28.8 Å². The first-order valence-corrected chi connectivity index (χ1v) is 12.4. The Balaban J connectivity index is 2.42. The first kappa shape index (κ1) is 31.1. The number of hydrogen-bond donors (Lipinski definition) is 2. The Kier molecular flexibility index (Phi) is 8.90. The number of aromatic hydroxyl groups is 1. The molecule has 0 amide bonds. The van der Waals surface area contributed by atoms with E-state index in [1.165, 1.54) is 6.21 Å². The second-order valence-corrected chi connectivity index (χ2v) is 12.1. The van der Waals surface area contributed by atoms with Gasteiger partial charge >= 0.3 is 12.4 Å². The lowest BCUT2D eigenvalue weighted by atomic mass is 9.79. The van der Waals surface area contributed by atoms with Gasteiger partial charge in [0.1, 0.15) is 5.75 Å². The first-order valence-electron chi connectivity index (χ1n) is 12.4. The fourth-order valence-electron chi connectivity index (χ4n) is 4.41. The monoisotopic (exact) mass is 536 g/mol. The van der Waals surface area contributed by atoms with Gasteiger partial charge in [-0.25, -0.2) is 0 Å². The molecule has 1 aromatic carbocycles. The summed E-state index contributed by atoms with van der Waals surface area (Å²) in [4.78, 5) is 8.75. The molecule has 2 atom stereocenters. The van der Waals surface area contributed by atoms with Crippen LogP contribution in [0, 0.1) is 0 Å². The standard InChI is InChI=1S/C27H38F6N2O2/c1-16(14-25(37,26(28,29)30)27(31,32)33)35-21-11-9-8-10-20(21)34-15-17-12-18(23(2,3)4)13-19(22(17)36)24(5,6)7/h12-13,15,20-21,36-37H,8-11,14H2,1-7H3/t20-,21-/m0/s1. The molecule has 0 spiro atoms. The predicted octanol–water partition coefficient (Wildman–Crippen LogP) is 7.42. The molecule has 4 nitrogen and oxygen atoms in total. The summed E-state index contributed by atoms with van der Waals surface area (Å²) in [6, 6.07) is 2.69. The van der Waals surface area contributed by atoms with Crippen molar-refractivity contribution in [2.75, 3.05) is 0 Å². The fourth-order valence-corrected chi connectivity index (χ4v) is 4.41. The number of benzene rings is 1. The zero-order valence-corrected chi connectivity index (χ0v) is 22.5. The first-order chi connectivity index (χ1) is 16.6. The zero-order chi connectivity index (χ0) is 28.6. The van der Waals surface area contributed by atoms with E-state index in [9.17, 15) is 36.6 Å². The van der Waals surface area contributed by atoms with E-state index in [1.807, 2.05) is 53.7 Å². The highest BCUT2D eigenvalue weighted by molar-refractivity contribution is 5.85. The lowest BCUT2D eigenvalue weighted by Crippen LogP contribution is -2.57. The summed E-state index contributed by atoms with van der Waals surface area (Å²) in [7, 11) is 0. The van der Waals surface area contributed by atoms with E-state index >= 15 is 0 Å². The van der Waals surface area contributed by atoms with Gasteiger partial charge in [0.25, 0.3) is 5.60 Å². The minimum atomic E-state index is -5.90. The molecule has 2 N–H and O–H groups in total. The van der Waals surface area contributed by atoms with E-state index < -0.39 is 42.2 Å². The molecular formula is C27H38F6N2O2. The summed E-state index contributed by atoms with van der Waals surface area (Å²) in [5.41, 5.74) is -3.65. The molecular weight excluding hydrogens is 498 g/mol. The molecule has 2 rings (SSSR count). The summed E-state index contributed by atoms with van der Waals surface area (Å²) in [6.07, 6.45) is -9.49. The molecule has 1 aliphatic carbocycles. The van der Waals surface area contributed by atoms with Crippen molar-refractivity contribution in [2.45, 2.75) is 121 Å². The SMILES string of the molecule is CC(CC(O)(C(F)(F)F)C(F)(F)F)=N[C@H]1CCCC[C@@H]1N=Cc1cc(C(C)(C)C)cc(C(C)(C)C)c1O. The molecule has 0 aromatic heterocycles. The Hall–Kier alpha value is -2.10. The molecule has 1 aromatic rings. The average Bonchev–Trinajstić information content (AvgIpc) is 2.70. The molecule has 1 saturated carbocycles. The highest BCUT2D eigenvalue weighted by Crippen LogP contribution is 2.45. The lowest BCUT2D eigenvalue weighted by molar-refractivity contribution is -0.365. The maximum Gasteiger partial charge on any atom is 0.426 e. The number of phenols is 1. The Bertz CT molecular complexity index is 1000. The molecule has 0 bridgehead atoms. The van der Waals surface area contributed by atoms with Gasteiger partial charge in [-0.2, -0.15) is 26.3 Å². The molecule has 0 radical (unpaired) electrons. The van der Waals surface area contributed by atoms with Crippen LogP contribution >= 0.6 is 0 Å². The topological polar surface area (TPSA) is 65.2 Å². The number of nitrogens with zero attached hydrogens (tertiary/aromatic N) is 2. The van der Waals surface area contributed by atoms with Crippen molar-refractivity contribution >= 4 is 11.9 Å². The molecule has 0 unspecified atom stereocenters. The number of phenolic OH excluding ortho intramolecular Hbond substituents is 1. The second kappa shape index (κ2) is 10.6. The summed E-state index contributed by atoms with van der Waals surface area (Å²) < 4.78 is 78.7. The van der Waals surface area contributed by atoms with Crippen LogP contribution in [0.3, 0.4) is 0 Å². The van der Waals surface area contributed by atoms with Crippen LogP contribution in [0.15, 0.2) is 22.1 Å². The predicted molar refractivity (Wildman–Crippen MR) is 134 cm³/mol. The van der Waals surface area contributed by atoms with Crippen LogP contribution in [0.4, 0.5) is 26.3 Å². The van der Waals surface area contributed by atoms with Gasteiger partial charge in [0.2, 0.25) is 0 Å². The number of hydrogen-bond acceptors (Lipinski definition) is 4. The van der Waals surface area contributed by atoms with Gasteiger partial charge in [0, 0.05) is 29.5 Å². The van der Waals surface area contributed by atoms with Crippen LogP contribution in [-0.2, 0) is 10.8 Å². The van der Waals surface area contributed by atoms with Crippen LogP contribution in [-0.4, -0.2) is 52.2 Å². The van der Waals surface area contributed by atoms with Gasteiger partial charge in [-0.3, -0.25) is 9.98 Å². The van der Waals surface area contributed by atoms with Crippen LogP contribution in [0.2, 0.25) is 0 Å². The van der Waals surface area contributed by atoms with E-state index in [4.69, 9.17) is 0 Å². The van der Waals surface area contributed by atoms with Gasteiger partial charge in [0.05, 0.1) is 12.1 Å². The molecule has 37 heavy (non-hydrogen) atoms. The highest BCUT2D eigenvalue weighted by atomic mass is 19.4. The van der Waals surface area contributed by atoms with E-state index in [2.05, 4.69) is 9.98 Å². The average molecular weight is 537 g/mol. The number of halogens is 6. The Morgan fingerprint density at radius 1 is 0.892 bits per heavy atom. The molecule has 0 saturated heterocycles. The zero-order valence-electron chi connectivity index (χ0n) is 22.5. The largest absolute Gasteiger partial charge is 0.507 e. The third-order valence-corrected chi connectivity index (χ3v) is 6.75. The molecule has 1 aliphatic rings. The van der Waals surface area contributed by atoms with Gasteiger partial charge in [0.15, 0.2) is 0 Å². The molecule has 0 aliphatic heterocycles. The summed E-state index contributed by atoms with van der Waals surface area (Å²) in [5, 5.41) is 20.5. The molecule has 210 valence electrons. The Labute approximate surface area is 214 Å². The maximum atomic E-state index is 13.1. The smallest absolute Gasteiger partial charge is 0.426 e. The molecule has 1 fully saturated rings. The van der Waals surface area contributed by atoms with Crippen molar-refractivity contribution in [3.8, 4) is 5.75 Å². The summed E-state index contributed by atoms with van der Waals surface area (Å²) in [5.74, 6) is 0.0803. The number of aliphatic imine (C=N–C) groups is 2. The minimum absolute atomic E-state index is 0.0803. The van der Waals surface area contributed by atoms with Crippen molar-refractivity contribution < 1.29 is 36.6 Å². The lowest BCUT2D eigenvalue weighted by Gasteiger charge is -2.33. The Morgan fingerprint density at radius 2 is 1.41 bits per heavy atom. The summed E-state index contributed by atoms with van der Waals surface area (Å²) >= 11 is 0. The van der Waals surface area contributed by atoms with Gasteiger partial charge in [-0.1, -0.05) is 60.5 Å². The van der Waals surface area contributed by atoms with Gasteiger partial charge in [-0.15, -0.1) is 0 Å². The van der Waals surface area contributed by atoms with Crippen LogP contribution < -0.4 is 0 Å². The third kappa shape index (κ3) is 7.27. The van der Waals surface area contributed by atoms with E-state index in [1.54, 1.807) is 0 Å². The molecule has 10 heteroatoms. The maximum absolute atomic E-state index is 13.1. The highest BCUT2D eigenvalue weighted by Gasteiger charge is 2.70. The summed E-state index contributed by atoms with van der Waals surface area (Å²) in [6.45, 7) is 13.1. The van der Waals surface area contributed by atoms with Crippen LogP contribution in [0.5, 0.6) is 5.75 Å². The normalized spacial score (nSPS) is 21.1. The van der Waals surface area contributed by atoms with Crippen molar-refractivity contribution in [1.29, 1.82) is 0 Å². The van der Waals surface area contributed by atoms with Gasteiger partial charge < -0.3 is 10.2 Å². The van der Waals surface area contributed by atoms with E-state index in [0.29, 0.717) is 24.8 Å². The third-order valence-electron chi connectivity index (χ3n) is 6.75. The molecule has 0 heterocycles. The van der Waals surface area contributed by atoms with E-state index in [-0.39, 0.29) is 16.6 Å². The number of alkyl halides is 6. The number of rotatable bonds is 5. The van der Waals surface area contributed by atoms with Crippen molar-refractivity contribution in [3.63, 3.8) is 0 Å². The second-order valence-electron chi connectivity index (χ2n) is 12.1. The van der Waals surface area contributed by atoms with Gasteiger partial charge in [-0.05, 0) is 42.2 Å². The minimum Gasteiger partial charge on any atom is -0.507 e. The van der Waals surface area contributed by atoms with Crippen LogP contribution in [0.25, 0.3) is 0 Å². The fraction of sp³-hybridized carbons (Fsp3) is 0.704. The Morgan fingerprint density at radius 3 is 1.86 bits per heavy atom. The quantitative estimate of drug-likeness (QED) is 0.304. The van der Waals surface area contributed by atoms with E-state index in [0.717, 1.165) is 24.5 Å². The van der Waals surface area contributed by atoms with Crippen LogP contribution in [0.1, 0.15) is 97.3 Å². The van der Waals surface area contributed by atoms with Crippen molar-refractivity contribution in [1.82, 2.24) is 0 Å². The van der Waals surface area contributed by atoms with Crippen molar-refractivity contribution in [2.24, 2.45) is 9.98 Å².